The van der Waals surface area contributed by atoms with Gasteiger partial charge in [-0.2, -0.15) is 13.2 Å². The second-order valence-corrected chi connectivity index (χ2v) is 22.5. The summed E-state index contributed by atoms with van der Waals surface area (Å²) in [6.45, 7) is 5.14. The molecule has 0 unspecified atom stereocenters. The molecule has 0 radical (unpaired) electrons. The van der Waals surface area contributed by atoms with E-state index in [1.54, 1.807) is 55.7 Å². The standard InChI is InChI=1S/C63H78F3N13O10/c1-4-69-60(88)53-16-10-28-79(53)61(89)47(15-9-27-70-62(67)68)74-55(83)48(29-36(2)3)75-58(86)51(32-40-34-72-46-14-8-6-12-44(40)46)77-56(84)49(30-38-19-24-42(81)25-20-38)76-59(87)52(35-80)78-57(85)50(31-39-33-71-45-13-7-5-11-43(39)45)73-54(82)26-21-37-17-22-41(23-18-37)63(64,65)66/h5-8,11-14,17-20,22-25,33-34,36,47-53,71-72,80-81H,4,9-10,15-16,21,26-32,35H2,1-3H3,(H,69,88)(H,73,82)(H,74,83)(H,75,86)(H,76,87)(H,77,84)(H,78,85)(H4,67,68,70)/t47-,48-,49-,50-,51+,52-,53+/m0/s1. The highest BCUT2D eigenvalue weighted by molar-refractivity contribution is 5.99. The lowest BCUT2D eigenvalue weighted by molar-refractivity contribution is -0.142. The van der Waals surface area contributed by atoms with Crippen LogP contribution in [0.3, 0.4) is 0 Å². The zero-order valence-electron chi connectivity index (χ0n) is 49.8. The molecule has 7 rings (SSSR count). The first-order valence-corrected chi connectivity index (χ1v) is 29.6. The summed E-state index contributed by atoms with van der Waals surface area (Å²) >= 11 is 0. The number of aromatic nitrogens is 2. The number of likely N-dealkylation sites (tertiary alicyclic amines) is 1. The van der Waals surface area contributed by atoms with Crippen LogP contribution >= 0.6 is 0 Å². The van der Waals surface area contributed by atoms with Gasteiger partial charge < -0.3 is 73.8 Å². The van der Waals surface area contributed by atoms with Gasteiger partial charge in [0.2, 0.25) is 47.3 Å². The topological polar surface area (TPSA) is 360 Å². The number of phenols is 1. The van der Waals surface area contributed by atoms with Crippen molar-refractivity contribution in [2.24, 2.45) is 22.4 Å². The fourth-order valence-electron chi connectivity index (χ4n) is 10.7. The van der Waals surface area contributed by atoms with Gasteiger partial charge >= 0.3 is 6.18 Å². The van der Waals surface area contributed by atoms with E-state index in [1.807, 2.05) is 26.0 Å². The van der Waals surface area contributed by atoms with Crippen LogP contribution in [0.15, 0.2) is 114 Å². The number of aliphatic imine (C=N–C) groups is 1. The number of guanidine groups is 1. The summed E-state index contributed by atoms with van der Waals surface area (Å²) in [5.41, 5.74) is 13.7. The SMILES string of the molecule is CCNC(=O)[C@H]1CCCN1C(=O)[C@H](CCCN=C(N)N)NC(=O)[C@H](CC(C)C)NC(=O)[C@@H](Cc1c[nH]c2ccccc12)NC(=O)[C@H](Cc1ccc(O)cc1)NC(=O)[C@H](CO)NC(=O)[C@H](Cc1c[nH]c2ccccc12)NC(=O)CCc1ccc(C(F)(F)F)cc1. The van der Waals surface area contributed by atoms with E-state index in [9.17, 15) is 61.7 Å². The van der Waals surface area contributed by atoms with E-state index in [1.165, 1.54) is 41.3 Å². The number of halogens is 3. The molecule has 1 aliphatic heterocycles. The van der Waals surface area contributed by atoms with Crippen LogP contribution in [0.4, 0.5) is 13.2 Å². The van der Waals surface area contributed by atoms with E-state index in [0.29, 0.717) is 52.5 Å². The number of nitrogens with zero attached hydrogens (tertiary/aromatic N) is 2. The number of aliphatic hydroxyl groups excluding tert-OH is 1. The number of benzene rings is 4. The van der Waals surface area contributed by atoms with Gasteiger partial charge in [0.1, 0.15) is 48.0 Å². The van der Waals surface area contributed by atoms with E-state index in [4.69, 9.17) is 11.5 Å². The molecule has 476 valence electrons. The number of phenolic OH excluding ortho intramolecular Hbond substituents is 1. The van der Waals surface area contributed by atoms with Crippen molar-refractivity contribution in [3.63, 3.8) is 0 Å². The van der Waals surface area contributed by atoms with Gasteiger partial charge in [-0.25, -0.2) is 0 Å². The molecule has 7 atom stereocenters. The number of carbonyl (C=O) groups is 8. The van der Waals surface area contributed by atoms with Gasteiger partial charge in [-0.3, -0.25) is 43.3 Å². The normalized spacial score (nSPS) is 15.2. The van der Waals surface area contributed by atoms with Gasteiger partial charge in [-0.15, -0.1) is 0 Å². The van der Waals surface area contributed by atoms with Crippen molar-refractivity contribution in [2.45, 2.75) is 133 Å². The van der Waals surface area contributed by atoms with E-state index in [2.05, 4.69) is 52.2 Å². The zero-order chi connectivity index (χ0) is 64.4. The lowest BCUT2D eigenvalue weighted by atomic mass is 9.99. The number of amides is 8. The smallest absolute Gasteiger partial charge is 0.416 e. The Hall–Kier alpha value is -9.46. The number of likely N-dealkylation sites (N-methyl/N-ethyl adjacent to an activating group) is 1. The highest BCUT2D eigenvalue weighted by Gasteiger charge is 2.39. The van der Waals surface area contributed by atoms with Crippen molar-refractivity contribution in [3.05, 3.63) is 137 Å². The molecule has 26 heteroatoms. The van der Waals surface area contributed by atoms with Crippen LogP contribution in [-0.4, -0.2) is 147 Å². The number of aromatic amines is 2. The Morgan fingerprint density at radius 3 is 1.72 bits per heavy atom. The largest absolute Gasteiger partial charge is 0.508 e. The van der Waals surface area contributed by atoms with Crippen LogP contribution in [0.25, 0.3) is 21.8 Å². The number of nitrogens with one attached hydrogen (secondary N) is 9. The van der Waals surface area contributed by atoms with Gasteiger partial charge in [-0.1, -0.05) is 74.5 Å². The molecule has 8 amide bonds. The average Bonchev–Trinajstić information content (AvgIpc) is 3.18. The van der Waals surface area contributed by atoms with Crippen molar-refractivity contribution >= 4 is 75.0 Å². The summed E-state index contributed by atoms with van der Waals surface area (Å²) in [6, 6.07) is 15.0. The Bertz CT molecular complexity index is 3460. The molecule has 89 heavy (non-hydrogen) atoms. The highest BCUT2D eigenvalue weighted by Crippen LogP contribution is 2.30. The molecule has 3 heterocycles. The van der Waals surface area contributed by atoms with Crippen LogP contribution in [0.2, 0.25) is 0 Å². The maximum absolute atomic E-state index is 15.0. The molecule has 6 aromatic rings. The van der Waals surface area contributed by atoms with Crippen LogP contribution in [0.1, 0.15) is 87.1 Å². The van der Waals surface area contributed by atoms with Gasteiger partial charge in [0.05, 0.1) is 12.2 Å². The number of hydrogen-bond acceptors (Lipinski definition) is 11. The lowest BCUT2D eigenvalue weighted by Gasteiger charge is -2.30. The molecular weight excluding hydrogens is 1160 g/mol. The Kier molecular flexibility index (Phi) is 23.7. The zero-order valence-corrected chi connectivity index (χ0v) is 49.8. The Labute approximate surface area is 512 Å². The third-order valence-electron chi connectivity index (χ3n) is 15.3. The average molecular weight is 1230 g/mol. The second-order valence-electron chi connectivity index (χ2n) is 22.5. The maximum Gasteiger partial charge on any atom is 0.416 e. The first-order chi connectivity index (χ1) is 42.5. The first-order valence-electron chi connectivity index (χ1n) is 29.6. The van der Waals surface area contributed by atoms with Crippen molar-refractivity contribution in [1.29, 1.82) is 0 Å². The number of nitrogens with two attached hydrogens (primary N) is 2. The van der Waals surface area contributed by atoms with Gasteiger partial charge in [-0.05, 0) is 110 Å². The third kappa shape index (κ3) is 19.0. The van der Waals surface area contributed by atoms with Gasteiger partial charge in [0.15, 0.2) is 5.96 Å². The fourth-order valence-corrected chi connectivity index (χ4v) is 10.7. The molecule has 1 aliphatic rings. The maximum atomic E-state index is 15.0. The fraction of sp³-hybridized carbons (Fsp3) is 0.413. The summed E-state index contributed by atoms with van der Waals surface area (Å²) < 4.78 is 39.8. The molecule has 0 saturated carbocycles. The van der Waals surface area contributed by atoms with Gasteiger partial charge in [0, 0.05) is 79.5 Å². The third-order valence-corrected chi connectivity index (χ3v) is 15.3. The van der Waals surface area contributed by atoms with Crippen molar-refractivity contribution in [1.82, 2.24) is 52.1 Å². The quantitative estimate of drug-likeness (QED) is 0.0176. The van der Waals surface area contributed by atoms with Crippen LogP contribution in [0, 0.1) is 5.92 Å². The Balaban J connectivity index is 1.13. The molecule has 0 bridgehead atoms. The molecule has 0 aliphatic carbocycles. The molecular formula is C63H78F3N13O10. The highest BCUT2D eigenvalue weighted by atomic mass is 19.4. The number of hydrogen-bond donors (Lipinski definition) is 13. The molecule has 0 spiro atoms. The summed E-state index contributed by atoms with van der Waals surface area (Å²) in [5.74, 6) is -6.42. The number of para-hydroxylation sites is 2. The second kappa shape index (κ2) is 31.4. The summed E-state index contributed by atoms with van der Waals surface area (Å²) in [5, 5.41) is 41.4. The van der Waals surface area contributed by atoms with E-state index in [0.717, 1.165) is 23.0 Å². The molecule has 2 aromatic heterocycles. The van der Waals surface area contributed by atoms with Crippen LogP contribution in [-0.2, 0) is 70.2 Å². The molecule has 1 saturated heterocycles. The number of alkyl halides is 3. The number of fused-ring (bicyclic) bond motifs is 2. The number of H-pyrrole nitrogens is 2. The number of aryl methyl sites for hydroxylation is 1. The molecule has 15 N–H and O–H groups in total. The predicted molar refractivity (Wildman–Crippen MR) is 327 cm³/mol. The van der Waals surface area contributed by atoms with E-state index in [-0.39, 0.29) is 88.0 Å². The summed E-state index contributed by atoms with van der Waals surface area (Å²) in [6.07, 6.45) is -0.672. The number of rotatable bonds is 30. The Morgan fingerprint density at radius 2 is 1.17 bits per heavy atom. The van der Waals surface area contributed by atoms with Crippen LogP contribution in [0.5, 0.6) is 5.75 Å². The molecule has 23 nitrogen and oxygen atoms in total. The van der Waals surface area contributed by atoms with Crippen molar-refractivity contribution < 1.29 is 61.7 Å². The van der Waals surface area contributed by atoms with Crippen LogP contribution < -0.4 is 48.7 Å². The number of aromatic hydroxyl groups is 1. The minimum Gasteiger partial charge on any atom is -0.508 e. The first kappa shape index (κ1) is 67.1. The summed E-state index contributed by atoms with van der Waals surface area (Å²) in [7, 11) is 0. The van der Waals surface area contributed by atoms with E-state index >= 15 is 0 Å². The molecule has 1 fully saturated rings. The van der Waals surface area contributed by atoms with Crippen molar-refractivity contribution in [3.8, 4) is 5.75 Å². The number of aliphatic hydroxyl groups is 1. The lowest BCUT2D eigenvalue weighted by Crippen LogP contribution is -2.61. The van der Waals surface area contributed by atoms with Crippen molar-refractivity contribution in [2.75, 3.05) is 26.2 Å². The number of carbonyl (C=O) groups excluding carboxylic acids is 8. The van der Waals surface area contributed by atoms with Gasteiger partial charge in [0.25, 0.3) is 0 Å². The predicted octanol–water partition coefficient (Wildman–Crippen LogP) is 3.16. The summed E-state index contributed by atoms with van der Waals surface area (Å²) in [4.78, 5) is 126. The van der Waals surface area contributed by atoms with E-state index < -0.39 is 102 Å². The monoisotopic (exact) mass is 1230 g/mol. The minimum absolute atomic E-state index is 0.0176. The minimum atomic E-state index is -4.56. The molecule has 4 aromatic carbocycles. The Morgan fingerprint density at radius 1 is 0.663 bits per heavy atom.